The molecule has 0 unspecified atom stereocenters. The van der Waals surface area contributed by atoms with Crippen molar-refractivity contribution < 1.29 is 31.6 Å². The smallest absolute Gasteiger partial charge is 0.199 e. The van der Waals surface area contributed by atoms with E-state index in [1.54, 1.807) is 36.4 Å². The zero-order valence-corrected chi connectivity index (χ0v) is 10.3. The summed E-state index contributed by atoms with van der Waals surface area (Å²) in [6, 6.07) is 6.74. The number of hydrogen-bond acceptors (Lipinski definition) is 4. The van der Waals surface area contributed by atoms with Crippen LogP contribution in [0.1, 0.15) is 16.8 Å². The molecule has 97 valence electrons. The number of carbonyl (C=O) groups excluding carboxylic acids is 1. The Hall–Kier alpha value is -1.84. The zero-order valence-electron chi connectivity index (χ0n) is 9.35. The number of aldehydes is 1. The van der Waals surface area contributed by atoms with Gasteiger partial charge in [0.15, 0.2) is 17.8 Å². The summed E-state index contributed by atoms with van der Waals surface area (Å²) in [7, 11) is 0. The van der Waals surface area contributed by atoms with Crippen LogP contribution in [0, 0.1) is 5.41 Å². The molecule has 1 radical (unpaired) electrons. The molecule has 0 saturated carbocycles. The van der Waals surface area contributed by atoms with Gasteiger partial charge in [0.2, 0.25) is 0 Å². The van der Waals surface area contributed by atoms with Gasteiger partial charge in [0, 0.05) is 23.5 Å². The van der Waals surface area contributed by atoms with Gasteiger partial charge in [0.1, 0.15) is 0 Å². The molecule has 1 aliphatic rings. The van der Waals surface area contributed by atoms with Crippen molar-refractivity contribution in [3.63, 3.8) is 0 Å². The number of benzene rings is 1. The molecule has 0 saturated heterocycles. The van der Waals surface area contributed by atoms with E-state index in [9.17, 15) is 4.79 Å². The maximum absolute atomic E-state index is 10.7. The number of carbonyl (C=O) groups is 1. The molecule has 0 heterocycles. The van der Waals surface area contributed by atoms with Gasteiger partial charge in [-0.05, 0) is 18.2 Å². The number of nitrogens with one attached hydrogen (secondary N) is 1. The average molecular weight is 293 g/mol. The Kier molecular flexibility index (Phi) is 5.36. The average Bonchev–Trinajstić information content (AvgIpc) is 2.38. The van der Waals surface area contributed by atoms with Gasteiger partial charge in [0.25, 0.3) is 0 Å². The van der Waals surface area contributed by atoms with E-state index in [-0.39, 0.29) is 17.1 Å². The van der Waals surface area contributed by atoms with Gasteiger partial charge >= 0.3 is 0 Å². The maximum Gasteiger partial charge on any atom is 0.199 e. The third kappa shape index (κ3) is 3.32. The summed E-state index contributed by atoms with van der Waals surface area (Å²) in [5.41, 5.74) is 0.752. The molecule has 0 bridgehead atoms. The van der Waals surface area contributed by atoms with Crippen LogP contribution in [0.4, 0.5) is 0 Å². The first-order valence-electron chi connectivity index (χ1n) is 5.14. The van der Waals surface area contributed by atoms with E-state index in [1.165, 1.54) is 0 Å². The van der Waals surface area contributed by atoms with Gasteiger partial charge in [-0.25, -0.2) is 0 Å². The molecule has 4 nitrogen and oxygen atoms in total. The Morgan fingerprint density at radius 1 is 1.22 bits per heavy atom. The van der Waals surface area contributed by atoms with Crippen molar-refractivity contribution in [3.8, 4) is 5.75 Å². The summed E-state index contributed by atoms with van der Waals surface area (Å²) >= 11 is 0. The molecular weight excluding hydrogens is 282 g/mol. The Morgan fingerprint density at radius 3 is 2.72 bits per heavy atom. The van der Waals surface area contributed by atoms with Crippen LogP contribution in [-0.4, -0.2) is 12.0 Å². The molecule has 5 heteroatoms. The van der Waals surface area contributed by atoms with Gasteiger partial charge in [-0.2, -0.15) is 0 Å². The fourth-order valence-corrected chi connectivity index (χ4v) is 1.36. The van der Waals surface area contributed by atoms with Crippen LogP contribution < -0.4 is 4.89 Å². The Morgan fingerprint density at radius 2 is 2.00 bits per heavy atom. The predicted molar refractivity (Wildman–Crippen MR) is 63.1 cm³/mol. The SMILES string of the molecule is N=C1CC=CC=C1OOc1ccccc1C=O.[Cu]. The molecule has 1 aromatic rings. The van der Waals surface area contributed by atoms with Gasteiger partial charge in [-0.15, -0.1) is 0 Å². The van der Waals surface area contributed by atoms with Crippen LogP contribution in [0.2, 0.25) is 0 Å². The normalized spacial score (nSPS) is 13.3. The Bertz CT molecular complexity index is 509. The molecule has 18 heavy (non-hydrogen) atoms. The third-order valence-corrected chi connectivity index (χ3v) is 2.27. The quantitative estimate of drug-likeness (QED) is 0.402. The van der Waals surface area contributed by atoms with Crippen LogP contribution in [0.25, 0.3) is 0 Å². The van der Waals surface area contributed by atoms with Crippen LogP contribution in [0.3, 0.4) is 0 Å². The van der Waals surface area contributed by atoms with Crippen LogP contribution in [0.15, 0.2) is 48.3 Å². The van der Waals surface area contributed by atoms with Crippen molar-refractivity contribution >= 4 is 12.0 Å². The maximum atomic E-state index is 10.7. The van der Waals surface area contributed by atoms with E-state index in [1.807, 2.05) is 6.08 Å². The van der Waals surface area contributed by atoms with Crippen LogP contribution >= 0.6 is 0 Å². The minimum absolute atomic E-state index is 0. The number of para-hydroxylation sites is 1. The molecule has 0 fully saturated rings. The molecule has 1 N–H and O–H groups in total. The minimum atomic E-state index is 0. The van der Waals surface area contributed by atoms with Crippen molar-refractivity contribution in [2.24, 2.45) is 0 Å². The van der Waals surface area contributed by atoms with Crippen molar-refractivity contribution in [3.05, 3.63) is 53.8 Å². The molecule has 0 spiro atoms. The number of allylic oxidation sites excluding steroid dienone is 4. The van der Waals surface area contributed by atoms with E-state index >= 15 is 0 Å². The van der Waals surface area contributed by atoms with Crippen LogP contribution in [0.5, 0.6) is 5.75 Å². The van der Waals surface area contributed by atoms with Gasteiger partial charge < -0.3 is 5.41 Å². The molecule has 1 aliphatic carbocycles. The molecule has 0 atom stereocenters. The largest absolute Gasteiger partial charge is 0.301 e. The van der Waals surface area contributed by atoms with Crippen molar-refractivity contribution in [1.82, 2.24) is 0 Å². The van der Waals surface area contributed by atoms with Crippen LogP contribution in [-0.2, 0) is 22.0 Å². The first-order chi connectivity index (χ1) is 8.31. The molecule has 2 rings (SSSR count). The van der Waals surface area contributed by atoms with Gasteiger partial charge in [0.05, 0.1) is 11.3 Å². The summed E-state index contributed by atoms with van der Waals surface area (Å²) in [6.45, 7) is 0. The number of rotatable bonds is 4. The fourth-order valence-electron chi connectivity index (χ4n) is 1.36. The van der Waals surface area contributed by atoms with Crippen molar-refractivity contribution in [2.45, 2.75) is 6.42 Å². The van der Waals surface area contributed by atoms with Gasteiger partial charge in [-0.3, -0.25) is 14.6 Å². The standard InChI is InChI=1S/C13H11NO3.Cu/c14-11-6-2-4-8-13(11)17-16-12-7-3-1-5-10(12)9-15;/h1-5,7-9,14H,6H2;. The van der Waals surface area contributed by atoms with E-state index in [2.05, 4.69) is 0 Å². The summed E-state index contributed by atoms with van der Waals surface area (Å²) in [6.07, 6.45) is 6.51. The monoisotopic (exact) mass is 292 g/mol. The van der Waals surface area contributed by atoms with Crippen molar-refractivity contribution in [2.75, 3.05) is 0 Å². The first-order valence-corrected chi connectivity index (χ1v) is 5.14. The molecule has 0 aromatic heterocycles. The van der Waals surface area contributed by atoms with E-state index in [0.29, 0.717) is 35.5 Å². The summed E-state index contributed by atoms with van der Waals surface area (Å²) < 4.78 is 0. The summed E-state index contributed by atoms with van der Waals surface area (Å²) in [5.74, 6) is 0.693. The minimum Gasteiger partial charge on any atom is -0.301 e. The predicted octanol–water partition coefficient (Wildman–Crippen LogP) is 2.67. The molecule has 0 amide bonds. The Balaban J connectivity index is 0.00000162. The molecule has 0 aliphatic heterocycles. The second kappa shape index (κ2) is 6.79. The number of hydrogen-bond donors (Lipinski definition) is 1. The third-order valence-electron chi connectivity index (χ3n) is 2.27. The van der Waals surface area contributed by atoms with Gasteiger partial charge in [-0.1, -0.05) is 24.3 Å². The topological polar surface area (TPSA) is 59.4 Å². The second-order valence-electron chi connectivity index (χ2n) is 3.46. The molecular formula is C13H11CuNO3. The summed E-state index contributed by atoms with van der Waals surface area (Å²) in [4.78, 5) is 20.9. The van der Waals surface area contributed by atoms with E-state index in [4.69, 9.17) is 15.2 Å². The van der Waals surface area contributed by atoms with Crippen molar-refractivity contribution in [1.29, 1.82) is 5.41 Å². The fraction of sp³-hybridized carbons (Fsp3) is 0.0769. The molecule has 1 aromatic carbocycles. The zero-order chi connectivity index (χ0) is 12.1. The Labute approximate surface area is 115 Å². The first kappa shape index (κ1) is 14.2. The second-order valence-corrected chi connectivity index (χ2v) is 3.46. The van der Waals surface area contributed by atoms with E-state index in [0.717, 1.165) is 0 Å². The summed E-state index contributed by atoms with van der Waals surface area (Å²) in [5, 5.41) is 7.62. The van der Waals surface area contributed by atoms with E-state index < -0.39 is 0 Å².